The van der Waals surface area contributed by atoms with Crippen molar-refractivity contribution in [3.8, 4) is 0 Å². The molecule has 1 aromatic heterocycles. The molecule has 2 rings (SSSR count). The summed E-state index contributed by atoms with van der Waals surface area (Å²) >= 11 is 0. The molecule has 1 aliphatic rings. The molecular formula is C12H14N2O3. The minimum absolute atomic E-state index is 0.246. The molecule has 3 N–H and O–H groups in total. The molecule has 5 nitrogen and oxygen atoms in total. The summed E-state index contributed by atoms with van der Waals surface area (Å²) in [6.07, 6.45) is 2.22. The summed E-state index contributed by atoms with van der Waals surface area (Å²) < 4.78 is 5.31. The Labute approximate surface area is 98.8 Å². The quantitative estimate of drug-likeness (QED) is 0.744. The summed E-state index contributed by atoms with van der Waals surface area (Å²) in [4.78, 5) is 11.3. The Balaban J connectivity index is 2.61. The molecule has 1 aliphatic heterocycles. The van der Waals surface area contributed by atoms with Gasteiger partial charge in [0.25, 0.3) is 0 Å². The summed E-state index contributed by atoms with van der Waals surface area (Å²) in [7, 11) is 0. The van der Waals surface area contributed by atoms with Gasteiger partial charge in [0, 0.05) is 11.4 Å². The summed E-state index contributed by atoms with van der Waals surface area (Å²) in [6, 6.07) is 3.50. The monoisotopic (exact) mass is 234 g/mol. The molecule has 90 valence electrons. The van der Waals surface area contributed by atoms with E-state index in [0.29, 0.717) is 23.5 Å². The lowest BCUT2D eigenvalue weighted by atomic mass is 9.97. The lowest BCUT2D eigenvalue weighted by Gasteiger charge is -2.24. The van der Waals surface area contributed by atoms with Crippen LogP contribution in [0.15, 0.2) is 39.8 Å². The highest BCUT2D eigenvalue weighted by atomic mass is 16.4. The van der Waals surface area contributed by atoms with E-state index in [-0.39, 0.29) is 5.57 Å². The van der Waals surface area contributed by atoms with Crippen molar-refractivity contribution in [1.82, 2.24) is 10.9 Å². The maximum atomic E-state index is 11.3. The van der Waals surface area contributed by atoms with E-state index in [1.807, 2.05) is 6.92 Å². The maximum absolute atomic E-state index is 11.3. The van der Waals surface area contributed by atoms with E-state index in [9.17, 15) is 9.90 Å². The molecule has 0 aromatic carbocycles. The van der Waals surface area contributed by atoms with Crippen molar-refractivity contribution in [1.29, 1.82) is 0 Å². The van der Waals surface area contributed by atoms with E-state index in [1.54, 1.807) is 19.1 Å². The van der Waals surface area contributed by atoms with Crippen molar-refractivity contribution in [2.45, 2.75) is 20.3 Å². The number of aliphatic carboxylic acids is 1. The molecule has 0 atom stereocenters. The second-order valence-electron chi connectivity index (χ2n) is 3.74. The first-order valence-corrected chi connectivity index (χ1v) is 5.38. The van der Waals surface area contributed by atoms with Gasteiger partial charge in [-0.2, -0.15) is 0 Å². The Morgan fingerprint density at radius 2 is 2.24 bits per heavy atom. The van der Waals surface area contributed by atoms with E-state index in [0.717, 1.165) is 5.70 Å². The van der Waals surface area contributed by atoms with Crippen LogP contribution in [-0.4, -0.2) is 11.1 Å². The molecule has 0 saturated heterocycles. The molecule has 5 heteroatoms. The molecule has 0 radical (unpaired) electrons. The molecule has 2 heterocycles. The van der Waals surface area contributed by atoms with Gasteiger partial charge in [-0.05, 0) is 25.5 Å². The van der Waals surface area contributed by atoms with Crippen LogP contribution in [0.25, 0.3) is 5.57 Å². The Hall–Kier alpha value is -2.17. The minimum Gasteiger partial charge on any atom is -0.478 e. The molecule has 0 saturated carbocycles. The van der Waals surface area contributed by atoms with E-state index >= 15 is 0 Å². The fraction of sp³-hybridized carbons (Fsp3) is 0.250. The third kappa shape index (κ3) is 1.91. The highest BCUT2D eigenvalue weighted by Gasteiger charge is 2.26. The van der Waals surface area contributed by atoms with Crippen molar-refractivity contribution in [2.75, 3.05) is 0 Å². The largest absolute Gasteiger partial charge is 0.478 e. The SMILES string of the molecule is CCC1=C(c2ccco2)C(C(=O)O)=C(C)NN1. The van der Waals surface area contributed by atoms with Crippen LogP contribution in [0, 0.1) is 0 Å². The number of allylic oxidation sites excluding steroid dienone is 2. The van der Waals surface area contributed by atoms with Crippen molar-refractivity contribution >= 4 is 11.5 Å². The van der Waals surface area contributed by atoms with Gasteiger partial charge in [0.1, 0.15) is 5.76 Å². The average Bonchev–Trinajstić information content (AvgIpc) is 2.81. The number of hydrogen-bond donors (Lipinski definition) is 3. The number of hydrogen-bond acceptors (Lipinski definition) is 4. The molecular weight excluding hydrogens is 220 g/mol. The van der Waals surface area contributed by atoms with Crippen molar-refractivity contribution < 1.29 is 14.3 Å². The predicted octanol–water partition coefficient (Wildman–Crippen LogP) is 1.87. The van der Waals surface area contributed by atoms with Crippen LogP contribution >= 0.6 is 0 Å². The first-order chi connectivity index (χ1) is 8.15. The summed E-state index contributed by atoms with van der Waals surface area (Å²) in [5, 5.41) is 9.29. The second kappa shape index (κ2) is 4.37. The van der Waals surface area contributed by atoms with Gasteiger partial charge in [0.2, 0.25) is 0 Å². The zero-order valence-electron chi connectivity index (χ0n) is 9.70. The standard InChI is InChI=1S/C12H14N2O3/c1-3-8-11(9-5-4-6-17-9)10(12(15)16)7(2)13-14-8/h4-6,13-14H,3H2,1-2H3,(H,15,16). The van der Waals surface area contributed by atoms with Gasteiger partial charge in [0.15, 0.2) is 0 Å². The zero-order chi connectivity index (χ0) is 12.4. The topological polar surface area (TPSA) is 74.5 Å². The highest BCUT2D eigenvalue weighted by molar-refractivity contribution is 6.06. The fourth-order valence-electron chi connectivity index (χ4n) is 1.86. The van der Waals surface area contributed by atoms with Crippen molar-refractivity contribution in [3.63, 3.8) is 0 Å². The molecule has 0 amide bonds. The molecule has 0 bridgehead atoms. The predicted molar refractivity (Wildman–Crippen MR) is 62.5 cm³/mol. The van der Waals surface area contributed by atoms with Gasteiger partial charge in [-0.3, -0.25) is 0 Å². The van der Waals surface area contributed by atoms with Gasteiger partial charge >= 0.3 is 5.97 Å². The first kappa shape index (κ1) is 11.3. The normalized spacial score (nSPS) is 15.6. The number of carboxylic acid groups (broad SMARTS) is 1. The number of carboxylic acids is 1. The Kier molecular flexibility index (Phi) is 2.91. The van der Waals surface area contributed by atoms with Crippen LogP contribution < -0.4 is 10.9 Å². The lowest BCUT2D eigenvalue weighted by molar-refractivity contribution is -0.132. The first-order valence-electron chi connectivity index (χ1n) is 5.38. The van der Waals surface area contributed by atoms with Crippen LogP contribution in [0.3, 0.4) is 0 Å². The lowest BCUT2D eigenvalue weighted by Crippen LogP contribution is -2.36. The van der Waals surface area contributed by atoms with Crippen LogP contribution in [0.5, 0.6) is 0 Å². The van der Waals surface area contributed by atoms with Crippen LogP contribution in [0.1, 0.15) is 26.0 Å². The van der Waals surface area contributed by atoms with E-state index in [4.69, 9.17) is 4.42 Å². The van der Waals surface area contributed by atoms with E-state index in [2.05, 4.69) is 10.9 Å². The highest BCUT2D eigenvalue weighted by Crippen LogP contribution is 2.31. The van der Waals surface area contributed by atoms with Gasteiger partial charge in [0.05, 0.1) is 17.4 Å². The van der Waals surface area contributed by atoms with Crippen LogP contribution in [-0.2, 0) is 4.79 Å². The Bertz CT molecular complexity index is 498. The van der Waals surface area contributed by atoms with Crippen LogP contribution in [0.4, 0.5) is 0 Å². The molecule has 0 spiro atoms. The molecule has 0 aliphatic carbocycles. The number of furan rings is 1. The number of carbonyl (C=O) groups is 1. The number of rotatable bonds is 3. The van der Waals surface area contributed by atoms with E-state index in [1.165, 1.54) is 6.26 Å². The van der Waals surface area contributed by atoms with E-state index < -0.39 is 5.97 Å². The number of hydrazine groups is 1. The van der Waals surface area contributed by atoms with Gasteiger partial charge < -0.3 is 20.4 Å². The fourth-order valence-corrected chi connectivity index (χ4v) is 1.86. The van der Waals surface area contributed by atoms with Gasteiger partial charge in [-0.15, -0.1) is 0 Å². The third-order valence-electron chi connectivity index (χ3n) is 2.66. The van der Waals surface area contributed by atoms with Crippen LogP contribution in [0.2, 0.25) is 0 Å². The smallest absolute Gasteiger partial charge is 0.338 e. The maximum Gasteiger partial charge on any atom is 0.338 e. The second-order valence-corrected chi connectivity index (χ2v) is 3.74. The van der Waals surface area contributed by atoms with Gasteiger partial charge in [-0.25, -0.2) is 4.79 Å². The summed E-state index contributed by atoms with van der Waals surface area (Å²) in [5.41, 5.74) is 8.08. The summed E-state index contributed by atoms with van der Waals surface area (Å²) in [5.74, 6) is -0.401. The molecule has 0 fully saturated rings. The summed E-state index contributed by atoms with van der Waals surface area (Å²) in [6.45, 7) is 3.67. The Morgan fingerprint density at radius 1 is 1.47 bits per heavy atom. The molecule has 1 aromatic rings. The third-order valence-corrected chi connectivity index (χ3v) is 2.66. The Morgan fingerprint density at radius 3 is 2.76 bits per heavy atom. The van der Waals surface area contributed by atoms with Crippen molar-refractivity contribution in [3.05, 3.63) is 41.1 Å². The van der Waals surface area contributed by atoms with Gasteiger partial charge in [-0.1, -0.05) is 6.92 Å². The molecule has 17 heavy (non-hydrogen) atoms. The average molecular weight is 234 g/mol. The number of nitrogens with one attached hydrogen (secondary N) is 2. The zero-order valence-corrected chi connectivity index (χ0v) is 9.70. The molecule has 0 unspecified atom stereocenters. The van der Waals surface area contributed by atoms with Crippen molar-refractivity contribution in [2.24, 2.45) is 0 Å². The minimum atomic E-state index is -0.964.